The number of hydrogen-bond acceptors (Lipinski definition) is 5. The van der Waals surface area contributed by atoms with Gasteiger partial charge in [-0.05, 0) is 60.2 Å². The lowest BCUT2D eigenvalue weighted by atomic mass is 9.96. The predicted octanol–water partition coefficient (Wildman–Crippen LogP) is 0.974. The molecule has 0 radical (unpaired) electrons. The number of aromatic nitrogens is 1. The Hall–Kier alpha value is -0.740. The van der Waals surface area contributed by atoms with E-state index in [0.29, 0.717) is 12.8 Å². The van der Waals surface area contributed by atoms with Gasteiger partial charge in [0.1, 0.15) is 3.70 Å². The van der Waals surface area contributed by atoms with Crippen LogP contribution in [0.1, 0.15) is 18.4 Å². The number of halogens is 1. The Labute approximate surface area is 138 Å². The van der Waals surface area contributed by atoms with Gasteiger partial charge in [-0.25, -0.2) is 8.42 Å². The molecule has 0 aliphatic carbocycles. The van der Waals surface area contributed by atoms with Gasteiger partial charge in [-0.15, -0.1) is 0 Å². The molecule has 1 aromatic heterocycles. The molecular weight excluding hydrogens is 405 g/mol. The molecule has 1 aliphatic heterocycles. The van der Waals surface area contributed by atoms with Crippen LogP contribution in [0.25, 0.3) is 0 Å². The van der Waals surface area contributed by atoms with Gasteiger partial charge in [-0.2, -0.15) is 0 Å². The van der Waals surface area contributed by atoms with Gasteiger partial charge in [0, 0.05) is 18.7 Å². The minimum atomic E-state index is -3.46. The lowest BCUT2D eigenvalue weighted by Gasteiger charge is -2.31. The third-order valence-corrected chi connectivity index (χ3v) is 4.65. The lowest BCUT2D eigenvalue weighted by molar-refractivity contribution is -0.124. The maximum absolute atomic E-state index is 11.8. The van der Waals surface area contributed by atoms with E-state index in [4.69, 9.17) is 0 Å². The van der Waals surface area contributed by atoms with Crippen LogP contribution in [-0.4, -0.2) is 43.6 Å². The molecule has 2 heterocycles. The van der Waals surface area contributed by atoms with Crippen molar-refractivity contribution in [1.82, 2.24) is 14.6 Å². The fraction of sp³-hybridized carbons (Fsp3) is 0.538. The van der Waals surface area contributed by atoms with Gasteiger partial charge in [0.05, 0.1) is 6.26 Å². The third kappa shape index (κ3) is 5.51. The molecule has 0 saturated carbocycles. The Morgan fingerprint density at radius 1 is 1.43 bits per heavy atom. The van der Waals surface area contributed by atoms with E-state index in [-0.39, 0.29) is 11.8 Å². The molecule has 0 spiro atoms. The molecule has 1 N–H and O–H groups in total. The first-order chi connectivity index (χ1) is 9.83. The Morgan fingerprint density at radius 2 is 2.10 bits per heavy atom. The van der Waals surface area contributed by atoms with Crippen LogP contribution in [0.3, 0.4) is 0 Å². The number of nitrogens with one attached hydrogen (secondary N) is 1. The average molecular weight is 423 g/mol. The molecule has 0 bridgehead atoms. The zero-order valence-electron chi connectivity index (χ0n) is 11.8. The second-order valence-corrected chi connectivity index (χ2v) is 8.13. The molecular formula is C13H18IN3O3S. The van der Waals surface area contributed by atoms with Gasteiger partial charge >= 0.3 is 0 Å². The topological polar surface area (TPSA) is 79.4 Å². The highest BCUT2D eigenvalue weighted by Gasteiger charge is 2.26. The zero-order valence-corrected chi connectivity index (χ0v) is 14.7. The normalized spacial score (nSPS) is 17.6. The molecule has 1 amide bonds. The number of nitrogens with zero attached hydrogens (tertiary/aromatic N) is 2. The van der Waals surface area contributed by atoms with Gasteiger partial charge in [0.15, 0.2) is 0 Å². The number of piperidine rings is 1. The van der Waals surface area contributed by atoms with Crippen LogP contribution in [0.4, 0.5) is 0 Å². The molecule has 0 unspecified atom stereocenters. The number of likely N-dealkylation sites (tertiary alicyclic amines) is 1. The zero-order chi connectivity index (χ0) is 15.5. The Balaban J connectivity index is 1.83. The number of amides is 1. The van der Waals surface area contributed by atoms with E-state index in [0.717, 1.165) is 35.2 Å². The van der Waals surface area contributed by atoms with Crippen molar-refractivity contribution in [3.05, 3.63) is 27.6 Å². The Morgan fingerprint density at radius 3 is 2.62 bits per heavy atom. The molecule has 1 aromatic rings. The summed E-state index contributed by atoms with van der Waals surface area (Å²) >= 11 is 2.17. The number of carbonyl (C=O) groups is 1. The highest BCUT2D eigenvalue weighted by molar-refractivity contribution is 14.1. The fourth-order valence-electron chi connectivity index (χ4n) is 2.38. The molecule has 21 heavy (non-hydrogen) atoms. The minimum Gasteiger partial charge on any atom is -0.299 e. The van der Waals surface area contributed by atoms with Gasteiger partial charge in [0.2, 0.25) is 15.9 Å². The lowest BCUT2D eigenvalue weighted by Crippen LogP contribution is -2.41. The largest absolute Gasteiger partial charge is 0.299 e. The van der Waals surface area contributed by atoms with E-state index < -0.39 is 10.0 Å². The van der Waals surface area contributed by atoms with Gasteiger partial charge in [-0.3, -0.25) is 19.4 Å². The third-order valence-electron chi connectivity index (χ3n) is 3.44. The first kappa shape index (κ1) is 16.6. The number of sulfonamides is 1. The summed E-state index contributed by atoms with van der Waals surface area (Å²) in [4.78, 5) is 18.3. The SMILES string of the molecule is CS(=O)(=O)NC(=O)C1CCN(Cc2ccc(I)nc2)CC1. The first-order valence-corrected chi connectivity index (χ1v) is 9.65. The first-order valence-electron chi connectivity index (χ1n) is 6.68. The summed E-state index contributed by atoms with van der Waals surface area (Å²) < 4.78 is 25.2. The predicted molar refractivity (Wildman–Crippen MR) is 87.9 cm³/mol. The summed E-state index contributed by atoms with van der Waals surface area (Å²) in [7, 11) is -3.46. The maximum atomic E-state index is 11.8. The summed E-state index contributed by atoms with van der Waals surface area (Å²) in [6.45, 7) is 2.38. The minimum absolute atomic E-state index is 0.217. The molecule has 1 aliphatic rings. The van der Waals surface area contributed by atoms with Crippen molar-refractivity contribution in [3.63, 3.8) is 0 Å². The van der Waals surface area contributed by atoms with E-state index in [9.17, 15) is 13.2 Å². The van der Waals surface area contributed by atoms with Gasteiger partial charge < -0.3 is 0 Å². The second kappa shape index (κ2) is 7.01. The van der Waals surface area contributed by atoms with Crippen molar-refractivity contribution >= 4 is 38.5 Å². The summed E-state index contributed by atoms with van der Waals surface area (Å²) in [5.74, 6) is -0.598. The van der Waals surface area contributed by atoms with Crippen molar-refractivity contribution < 1.29 is 13.2 Å². The number of carbonyl (C=O) groups excluding carboxylic acids is 1. The highest BCUT2D eigenvalue weighted by Crippen LogP contribution is 2.19. The highest BCUT2D eigenvalue weighted by atomic mass is 127. The van der Waals surface area contributed by atoms with Crippen molar-refractivity contribution in [2.75, 3.05) is 19.3 Å². The second-order valence-electron chi connectivity index (χ2n) is 5.28. The fourth-order valence-corrected chi connectivity index (χ4v) is 3.23. The van der Waals surface area contributed by atoms with Crippen molar-refractivity contribution in [3.8, 4) is 0 Å². The van der Waals surface area contributed by atoms with Crippen LogP contribution < -0.4 is 4.72 Å². The smallest absolute Gasteiger partial charge is 0.236 e. The molecule has 1 fully saturated rings. The van der Waals surface area contributed by atoms with E-state index in [2.05, 4.69) is 43.3 Å². The van der Waals surface area contributed by atoms with Crippen molar-refractivity contribution in [1.29, 1.82) is 0 Å². The Bertz CT molecular complexity index is 596. The molecule has 1 saturated heterocycles. The van der Waals surface area contributed by atoms with Crippen LogP contribution in [-0.2, 0) is 21.4 Å². The molecule has 6 nitrogen and oxygen atoms in total. The van der Waals surface area contributed by atoms with Gasteiger partial charge in [-0.1, -0.05) is 6.07 Å². The number of pyridine rings is 1. The number of hydrogen-bond donors (Lipinski definition) is 1. The molecule has 2 rings (SSSR count). The van der Waals surface area contributed by atoms with Crippen LogP contribution in [0.15, 0.2) is 18.3 Å². The quantitative estimate of drug-likeness (QED) is 0.577. The van der Waals surface area contributed by atoms with Crippen LogP contribution in [0.2, 0.25) is 0 Å². The van der Waals surface area contributed by atoms with E-state index in [1.807, 2.05) is 12.3 Å². The monoisotopic (exact) mass is 423 g/mol. The standard InChI is InChI=1S/C13H18IN3O3S/c1-21(19,20)16-13(18)11-4-6-17(7-5-11)9-10-2-3-12(14)15-8-10/h2-3,8,11H,4-7,9H2,1H3,(H,16,18). The molecule has 0 atom stereocenters. The summed E-state index contributed by atoms with van der Waals surface area (Å²) in [6.07, 6.45) is 4.23. The van der Waals surface area contributed by atoms with E-state index in [1.165, 1.54) is 0 Å². The summed E-state index contributed by atoms with van der Waals surface area (Å²) in [5, 5.41) is 0. The van der Waals surface area contributed by atoms with Crippen LogP contribution >= 0.6 is 22.6 Å². The van der Waals surface area contributed by atoms with Crippen molar-refractivity contribution in [2.24, 2.45) is 5.92 Å². The molecule has 116 valence electrons. The van der Waals surface area contributed by atoms with E-state index >= 15 is 0 Å². The molecule has 0 aromatic carbocycles. The van der Waals surface area contributed by atoms with E-state index in [1.54, 1.807) is 0 Å². The Kier molecular flexibility index (Phi) is 5.55. The average Bonchev–Trinajstić information content (AvgIpc) is 2.40. The van der Waals surface area contributed by atoms with Crippen molar-refractivity contribution in [2.45, 2.75) is 19.4 Å². The summed E-state index contributed by atoms with van der Waals surface area (Å²) in [6, 6.07) is 4.03. The number of rotatable bonds is 4. The molecule has 8 heteroatoms. The van der Waals surface area contributed by atoms with Crippen LogP contribution in [0.5, 0.6) is 0 Å². The maximum Gasteiger partial charge on any atom is 0.236 e. The summed E-state index contributed by atoms with van der Waals surface area (Å²) in [5.41, 5.74) is 1.15. The van der Waals surface area contributed by atoms with Crippen LogP contribution in [0, 0.1) is 9.62 Å². The van der Waals surface area contributed by atoms with Gasteiger partial charge in [0.25, 0.3) is 0 Å².